The monoisotopic (exact) mass is 258 g/mol. The summed E-state index contributed by atoms with van der Waals surface area (Å²) in [6, 6.07) is 7.13. The highest BCUT2D eigenvalue weighted by molar-refractivity contribution is 5.35. The topological polar surface area (TPSA) is 15.3 Å². The number of aryl methyl sites for hydroxylation is 2. The van der Waals surface area contributed by atoms with Gasteiger partial charge in [-0.25, -0.2) is 0 Å². The summed E-state index contributed by atoms with van der Waals surface area (Å²) in [5, 5.41) is 3.51. The molecule has 1 aromatic carbocycles. The molecule has 1 saturated heterocycles. The van der Waals surface area contributed by atoms with Crippen LogP contribution in [0.2, 0.25) is 0 Å². The smallest absolute Gasteiger partial charge is 0.0230 e. The van der Waals surface area contributed by atoms with E-state index in [9.17, 15) is 0 Å². The molecule has 1 fully saturated rings. The lowest BCUT2D eigenvalue weighted by Gasteiger charge is -2.27. The molecule has 0 saturated carbocycles. The second-order valence-electron chi connectivity index (χ2n) is 6.37. The fourth-order valence-electron chi connectivity index (χ4n) is 3.62. The van der Waals surface area contributed by atoms with Gasteiger partial charge in [0.25, 0.3) is 0 Å². The molecule has 104 valence electrons. The van der Waals surface area contributed by atoms with Crippen molar-refractivity contribution in [3.05, 3.63) is 34.9 Å². The lowest BCUT2D eigenvalue weighted by molar-refractivity contribution is 0.237. The molecule has 1 aliphatic carbocycles. The Balaban J connectivity index is 1.55. The third kappa shape index (κ3) is 3.37. The Labute approximate surface area is 117 Å². The molecule has 0 bridgehead atoms. The molecule has 1 atom stereocenters. The summed E-state index contributed by atoms with van der Waals surface area (Å²) in [7, 11) is 2.27. The lowest BCUT2D eigenvalue weighted by atomic mass is 9.99. The van der Waals surface area contributed by atoms with Crippen LogP contribution in [0.3, 0.4) is 0 Å². The van der Waals surface area contributed by atoms with Crippen molar-refractivity contribution in [1.82, 2.24) is 10.2 Å². The van der Waals surface area contributed by atoms with E-state index in [0.717, 1.165) is 12.5 Å². The zero-order valence-corrected chi connectivity index (χ0v) is 12.1. The van der Waals surface area contributed by atoms with E-state index in [1.165, 1.54) is 57.3 Å². The fourth-order valence-corrected chi connectivity index (χ4v) is 3.62. The first-order valence-corrected chi connectivity index (χ1v) is 7.81. The highest BCUT2D eigenvalue weighted by Gasteiger charge is 2.16. The normalized spacial score (nSPS) is 22.7. The molecule has 1 unspecified atom stereocenters. The second kappa shape index (κ2) is 6.06. The van der Waals surface area contributed by atoms with Crippen LogP contribution in [0, 0.1) is 5.92 Å². The molecule has 0 spiro atoms. The standard InChI is InChI=1S/C17H26N2/c1-19(13-15-4-3-9-18-11-15)12-14-7-8-16-5-2-6-17(16)10-14/h7-8,10,15,18H,2-6,9,11-13H2,1H3. The molecule has 1 aromatic rings. The third-order valence-corrected chi connectivity index (χ3v) is 4.58. The molecular weight excluding hydrogens is 232 g/mol. The van der Waals surface area contributed by atoms with Gasteiger partial charge in [-0.1, -0.05) is 18.2 Å². The van der Waals surface area contributed by atoms with Gasteiger partial charge in [-0.2, -0.15) is 0 Å². The summed E-state index contributed by atoms with van der Waals surface area (Å²) in [4.78, 5) is 2.49. The van der Waals surface area contributed by atoms with Crippen molar-refractivity contribution in [3.8, 4) is 0 Å². The molecule has 1 heterocycles. The molecule has 1 N–H and O–H groups in total. The summed E-state index contributed by atoms with van der Waals surface area (Å²) in [6.07, 6.45) is 6.67. The number of hydrogen-bond donors (Lipinski definition) is 1. The van der Waals surface area contributed by atoms with E-state index in [1.54, 1.807) is 11.1 Å². The SMILES string of the molecule is CN(Cc1ccc2c(c1)CCC2)CC1CCCNC1. The van der Waals surface area contributed by atoms with Gasteiger partial charge in [0.2, 0.25) is 0 Å². The van der Waals surface area contributed by atoms with E-state index in [4.69, 9.17) is 0 Å². The lowest BCUT2D eigenvalue weighted by Crippen LogP contribution is -2.36. The van der Waals surface area contributed by atoms with Gasteiger partial charge < -0.3 is 10.2 Å². The highest BCUT2D eigenvalue weighted by atomic mass is 15.1. The second-order valence-corrected chi connectivity index (χ2v) is 6.37. The molecule has 3 rings (SSSR count). The van der Waals surface area contributed by atoms with Crippen molar-refractivity contribution in [2.45, 2.75) is 38.6 Å². The average Bonchev–Trinajstić information content (AvgIpc) is 2.87. The van der Waals surface area contributed by atoms with Crippen molar-refractivity contribution in [3.63, 3.8) is 0 Å². The first-order chi connectivity index (χ1) is 9.31. The van der Waals surface area contributed by atoms with Crippen LogP contribution in [0.1, 0.15) is 36.0 Å². The highest BCUT2D eigenvalue weighted by Crippen LogP contribution is 2.23. The van der Waals surface area contributed by atoms with Crippen LogP contribution in [0.4, 0.5) is 0 Å². The molecule has 19 heavy (non-hydrogen) atoms. The molecule has 2 nitrogen and oxygen atoms in total. The van der Waals surface area contributed by atoms with Crippen LogP contribution in [0.5, 0.6) is 0 Å². The minimum absolute atomic E-state index is 0.841. The van der Waals surface area contributed by atoms with Crippen LogP contribution in [-0.2, 0) is 19.4 Å². The Hall–Kier alpha value is -0.860. The Morgan fingerprint density at radius 1 is 1.21 bits per heavy atom. The number of benzene rings is 1. The van der Waals surface area contributed by atoms with Gasteiger partial charge >= 0.3 is 0 Å². The van der Waals surface area contributed by atoms with Crippen LogP contribution >= 0.6 is 0 Å². The summed E-state index contributed by atoms with van der Waals surface area (Å²) in [6.45, 7) is 4.74. The maximum atomic E-state index is 3.51. The van der Waals surface area contributed by atoms with Gasteiger partial charge in [-0.3, -0.25) is 0 Å². The largest absolute Gasteiger partial charge is 0.316 e. The van der Waals surface area contributed by atoms with Gasteiger partial charge in [0.05, 0.1) is 0 Å². The molecular formula is C17H26N2. The predicted molar refractivity (Wildman–Crippen MR) is 80.4 cm³/mol. The van der Waals surface area contributed by atoms with Gasteiger partial charge in [0.15, 0.2) is 0 Å². The van der Waals surface area contributed by atoms with Crippen molar-refractivity contribution in [1.29, 1.82) is 0 Å². The van der Waals surface area contributed by atoms with Crippen molar-refractivity contribution in [2.75, 3.05) is 26.7 Å². The van der Waals surface area contributed by atoms with Crippen molar-refractivity contribution < 1.29 is 0 Å². The molecule has 0 amide bonds. The fraction of sp³-hybridized carbons (Fsp3) is 0.647. The maximum Gasteiger partial charge on any atom is 0.0230 e. The summed E-state index contributed by atoms with van der Waals surface area (Å²) < 4.78 is 0. The van der Waals surface area contributed by atoms with Gasteiger partial charge in [0.1, 0.15) is 0 Å². The van der Waals surface area contributed by atoms with E-state index in [0.29, 0.717) is 0 Å². The van der Waals surface area contributed by atoms with Gasteiger partial charge in [-0.05, 0) is 74.8 Å². The maximum absolute atomic E-state index is 3.51. The first-order valence-electron chi connectivity index (χ1n) is 7.81. The van der Waals surface area contributed by atoms with Crippen LogP contribution < -0.4 is 5.32 Å². The summed E-state index contributed by atoms with van der Waals surface area (Å²) in [5.74, 6) is 0.841. The van der Waals surface area contributed by atoms with E-state index < -0.39 is 0 Å². The van der Waals surface area contributed by atoms with Gasteiger partial charge in [0, 0.05) is 13.1 Å². The summed E-state index contributed by atoms with van der Waals surface area (Å²) in [5.41, 5.74) is 4.68. The Kier molecular flexibility index (Phi) is 4.19. The predicted octanol–water partition coefficient (Wildman–Crippen LogP) is 2.61. The van der Waals surface area contributed by atoms with Crippen LogP contribution in [-0.4, -0.2) is 31.6 Å². The minimum Gasteiger partial charge on any atom is -0.316 e. The van der Waals surface area contributed by atoms with Crippen molar-refractivity contribution in [2.24, 2.45) is 5.92 Å². The number of rotatable bonds is 4. The molecule has 2 aliphatic rings. The zero-order chi connectivity index (χ0) is 13.1. The summed E-state index contributed by atoms with van der Waals surface area (Å²) >= 11 is 0. The Bertz CT molecular complexity index is 421. The van der Waals surface area contributed by atoms with E-state index >= 15 is 0 Å². The Morgan fingerprint density at radius 2 is 2.11 bits per heavy atom. The molecule has 2 heteroatoms. The van der Waals surface area contributed by atoms with E-state index in [2.05, 4.69) is 35.5 Å². The average molecular weight is 258 g/mol. The molecule has 1 aliphatic heterocycles. The van der Waals surface area contributed by atoms with Gasteiger partial charge in [-0.15, -0.1) is 0 Å². The molecule has 0 aromatic heterocycles. The number of nitrogens with one attached hydrogen (secondary N) is 1. The number of hydrogen-bond acceptors (Lipinski definition) is 2. The van der Waals surface area contributed by atoms with E-state index in [-0.39, 0.29) is 0 Å². The van der Waals surface area contributed by atoms with E-state index in [1.807, 2.05) is 0 Å². The number of fused-ring (bicyclic) bond motifs is 1. The van der Waals surface area contributed by atoms with Crippen LogP contribution in [0.25, 0.3) is 0 Å². The molecule has 0 radical (unpaired) electrons. The quantitative estimate of drug-likeness (QED) is 0.893. The van der Waals surface area contributed by atoms with Crippen LogP contribution in [0.15, 0.2) is 18.2 Å². The number of nitrogens with zero attached hydrogens (tertiary/aromatic N) is 1. The first kappa shape index (κ1) is 13.1. The third-order valence-electron chi connectivity index (χ3n) is 4.58. The zero-order valence-electron chi connectivity index (χ0n) is 12.1. The number of piperidine rings is 1. The minimum atomic E-state index is 0.841. The Morgan fingerprint density at radius 3 is 2.95 bits per heavy atom. The van der Waals surface area contributed by atoms with Crippen molar-refractivity contribution >= 4 is 0 Å².